The molecule has 2 N–H and O–H groups in total. The molecule has 1 aromatic carbocycles. The lowest BCUT2D eigenvalue weighted by molar-refractivity contribution is -0.130. The molecule has 118 valence electrons. The van der Waals surface area contributed by atoms with E-state index in [2.05, 4.69) is 16.3 Å². The molecule has 1 amide bonds. The van der Waals surface area contributed by atoms with Gasteiger partial charge in [0.25, 0.3) is 0 Å². The first kappa shape index (κ1) is 16.3. The van der Waals surface area contributed by atoms with Crippen molar-refractivity contribution in [2.75, 3.05) is 44.6 Å². The summed E-state index contributed by atoms with van der Waals surface area (Å²) in [7, 11) is 0. The van der Waals surface area contributed by atoms with Gasteiger partial charge in [0.1, 0.15) is 0 Å². The Hall–Kier alpha value is -2.10. The summed E-state index contributed by atoms with van der Waals surface area (Å²) in [5.41, 5.74) is 2.15. The number of carbonyl (C=O) groups excluding carboxylic acids is 1. The molecule has 0 aliphatic carbocycles. The van der Waals surface area contributed by atoms with E-state index < -0.39 is 0 Å². The lowest BCUT2D eigenvalue weighted by Crippen LogP contribution is -2.49. The molecular weight excluding hydrogens is 280 g/mol. The zero-order valence-electron chi connectivity index (χ0n) is 12.9. The Morgan fingerprint density at radius 1 is 1.36 bits per heavy atom. The van der Waals surface area contributed by atoms with Crippen molar-refractivity contribution in [1.82, 2.24) is 9.80 Å². The van der Waals surface area contributed by atoms with Crippen molar-refractivity contribution in [3.05, 3.63) is 29.3 Å². The van der Waals surface area contributed by atoms with Crippen LogP contribution in [0.5, 0.6) is 0 Å². The van der Waals surface area contributed by atoms with Crippen molar-refractivity contribution in [1.29, 1.82) is 5.26 Å². The Labute approximate surface area is 130 Å². The molecule has 2 rings (SSSR count). The highest BCUT2D eigenvalue weighted by Crippen LogP contribution is 2.17. The molecule has 22 heavy (non-hydrogen) atoms. The Morgan fingerprint density at radius 2 is 2.09 bits per heavy atom. The normalized spacial score (nSPS) is 15.4. The number of piperazine rings is 1. The Kier molecular flexibility index (Phi) is 5.75. The minimum Gasteiger partial charge on any atom is -0.392 e. The Morgan fingerprint density at radius 3 is 2.68 bits per heavy atom. The summed E-state index contributed by atoms with van der Waals surface area (Å²) in [5.74, 6) is 0.142. The van der Waals surface area contributed by atoms with Crippen LogP contribution in [0.4, 0.5) is 5.69 Å². The standard InChI is InChI=1S/C16H22N4O2/c1-13(22)20-8-6-19(7-9-20)5-4-18-16-3-2-14(11-17)10-15(16)12-21/h2-3,10,18,21H,4-9,12H2,1H3. The molecule has 0 spiro atoms. The highest BCUT2D eigenvalue weighted by Gasteiger charge is 2.17. The van der Waals surface area contributed by atoms with E-state index in [0.29, 0.717) is 5.56 Å². The van der Waals surface area contributed by atoms with Crippen LogP contribution in [0.25, 0.3) is 0 Å². The van der Waals surface area contributed by atoms with E-state index in [1.165, 1.54) is 0 Å². The number of amides is 1. The number of nitrogens with one attached hydrogen (secondary N) is 1. The van der Waals surface area contributed by atoms with Gasteiger partial charge in [0.05, 0.1) is 18.2 Å². The lowest BCUT2D eigenvalue weighted by Gasteiger charge is -2.34. The third kappa shape index (κ3) is 4.20. The molecular formula is C16H22N4O2. The predicted molar refractivity (Wildman–Crippen MR) is 84.3 cm³/mol. The van der Waals surface area contributed by atoms with Crippen molar-refractivity contribution in [2.24, 2.45) is 0 Å². The fourth-order valence-electron chi connectivity index (χ4n) is 2.60. The number of benzene rings is 1. The van der Waals surface area contributed by atoms with Gasteiger partial charge in [-0.2, -0.15) is 5.26 Å². The van der Waals surface area contributed by atoms with Crippen molar-refractivity contribution >= 4 is 11.6 Å². The Bertz CT molecular complexity index is 560. The van der Waals surface area contributed by atoms with Crippen LogP contribution >= 0.6 is 0 Å². The monoisotopic (exact) mass is 302 g/mol. The number of aliphatic hydroxyl groups excluding tert-OH is 1. The predicted octanol–water partition coefficient (Wildman–Crippen LogP) is 0.627. The average molecular weight is 302 g/mol. The molecule has 0 radical (unpaired) electrons. The van der Waals surface area contributed by atoms with Gasteiger partial charge in [0.2, 0.25) is 5.91 Å². The van der Waals surface area contributed by atoms with E-state index in [4.69, 9.17) is 5.26 Å². The van der Waals surface area contributed by atoms with Crippen LogP contribution in [-0.4, -0.2) is 60.1 Å². The van der Waals surface area contributed by atoms with E-state index in [0.717, 1.165) is 50.5 Å². The molecule has 0 aromatic heterocycles. The zero-order valence-corrected chi connectivity index (χ0v) is 12.9. The molecule has 6 heteroatoms. The smallest absolute Gasteiger partial charge is 0.219 e. The maximum absolute atomic E-state index is 11.3. The molecule has 0 atom stereocenters. The molecule has 1 aromatic rings. The minimum absolute atomic E-state index is 0.0882. The van der Waals surface area contributed by atoms with E-state index in [1.807, 2.05) is 11.0 Å². The van der Waals surface area contributed by atoms with E-state index in [9.17, 15) is 9.90 Å². The van der Waals surface area contributed by atoms with Crippen LogP contribution in [0.1, 0.15) is 18.1 Å². The van der Waals surface area contributed by atoms with Gasteiger partial charge in [0.15, 0.2) is 0 Å². The molecule has 1 fully saturated rings. The third-order valence-corrected chi connectivity index (χ3v) is 3.97. The summed E-state index contributed by atoms with van der Waals surface area (Å²) in [5, 5.41) is 21.5. The molecule has 1 saturated heterocycles. The number of hydrogen-bond donors (Lipinski definition) is 2. The van der Waals surface area contributed by atoms with Crippen LogP contribution in [0.3, 0.4) is 0 Å². The topological polar surface area (TPSA) is 79.6 Å². The van der Waals surface area contributed by atoms with Gasteiger partial charge in [-0.15, -0.1) is 0 Å². The van der Waals surface area contributed by atoms with Gasteiger partial charge in [0, 0.05) is 57.4 Å². The fraction of sp³-hybridized carbons (Fsp3) is 0.500. The first-order chi connectivity index (χ1) is 10.6. The van der Waals surface area contributed by atoms with E-state index in [1.54, 1.807) is 19.1 Å². The largest absolute Gasteiger partial charge is 0.392 e. The number of nitriles is 1. The zero-order chi connectivity index (χ0) is 15.9. The summed E-state index contributed by atoms with van der Waals surface area (Å²) in [4.78, 5) is 15.5. The molecule has 6 nitrogen and oxygen atoms in total. The minimum atomic E-state index is -0.0882. The summed E-state index contributed by atoms with van der Waals surface area (Å²) in [6.45, 7) is 6.52. The van der Waals surface area contributed by atoms with Crippen LogP contribution in [-0.2, 0) is 11.4 Å². The second-order valence-electron chi connectivity index (χ2n) is 5.42. The highest BCUT2D eigenvalue weighted by atomic mass is 16.3. The molecule has 1 heterocycles. The van der Waals surface area contributed by atoms with Crippen LogP contribution in [0, 0.1) is 11.3 Å². The first-order valence-corrected chi connectivity index (χ1v) is 7.49. The van der Waals surface area contributed by atoms with Gasteiger partial charge < -0.3 is 15.3 Å². The van der Waals surface area contributed by atoms with Crippen LogP contribution in [0.2, 0.25) is 0 Å². The van der Waals surface area contributed by atoms with Gasteiger partial charge in [-0.1, -0.05) is 0 Å². The molecule has 1 aliphatic heterocycles. The van der Waals surface area contributed by atoms with Crippen LogP contribution < -0.4 is 5.32 Å². The van der Waals surface area contributed by atoms with Crippen molar-refractivity contribution in [2.45, 2.75) is 13.5 Å². The van der Waals surface area contributed by atoms with Gasteiger partial charge in [-0.3, -0.25) is 9.69 Å². The van der Waals surface area contributed by atoms with Crippen molar-refractivity contribution in [3.8, 4) is 6.07 Å². The molecule has 1 aliphatic rings. The summed E-state index contributed by atoms with van der Waals surface area (Å²) >= 11 is 0. The number of hydrogen-bond acceptors (Lipinski definition) is 5. The van der Waals surface area contributed by atoms with Gasteiger partial charge >= 0.3 is 0 Å². The highest BCUT2D eigenvalue weighted by molar-refractivity contribution is 5.73. The molecule has 0 bridgehead atoms. The van der Waals surface area contributed by atoms with Crippen LogP contribution in [0.15, 0.2) is 18.2 Å². The van der Waals surface area contributed by atoms with Gasteiger partial charge in [-0.05, 0) is 18.2 Å². The summed E-state index contributed by atoms with van der Waals surface area (Å²) < 4.78 is 0. The lowest BCUT2D eigenvalue weighted by atomic mass is 10.1. The molecule has 0 unspecified atom stereocenters. The Balaban J connectivity index is 1.80. The number of nitrogens with zero attached hydrogens (tertiary/aromatic N) is 3. The molecule has 0 saturated carbocycles. The van der Waals surface area contributed by atoms with E-state index >= 15 is 0 Å². The van der Waals surface area contributed by atoms with Crippen molar-refractivity contribution in [3.63, 3.8) is 0 Å². The summed E-state index contributed by atoms with van der Waals surface area (Å²) in [6.07, 6.45) is 0. The van der Waals surface area contributed by atoms with Gasteiger partial charge in [-0.25, -0.2) is 0 Å². The second kappa shape index (κ2) is 7.78. The fourth-order valence-corrected chi connectivity index (χ4v) is 2.60. The SMILES string of the molecule is CC(=O)N1CCN(CCNc2ccc(C#N)cc2CO)CC1. The number of carbonyl (C=O) groups is 1. The summed E-state index contributed by atoms with van der Waals surface area (Å²) in [6, 6.07) is 7.35. The van der Waals surface area contributed by atoms with E-state index in [-0.39, 0.29) is 12.5 Å². The quantitative estimate of drug-likeness (QED) is 0.834. The maximum Gasteiger partial charge on any atom is 0.219 e. The number of anilines is 1. The second-order valence-corrected chi connectivity index (χ2v) is 5.42. The number of aliphatic hydroxyl groups is 1. The average Bonchev–Trinajstić information content (AvgIpc) is 2.55. The maximum atomic E-state index is 11.3. The first-order valence-electron chi connectivity index (χ1n) is 7.49. The number of rotatable bonds is 5. The van der Waals surface area contributed by atoms with Crippen molar-refractivity contribution < 1.29 is 9.90 Å². The third-order valence-electron chi connectivity index (χ3n) is 3.97.